The lowest BCUT2D eigenvalue weighted by Gasteiger charge is -2.16. The van der Waals surface area contributed by atoms with Crippen molar-refractivity contribution in [1.82, 2.24) is 15.1 Å². The number of aryl methyl sites for hydroxylation is 2. The van der Waals surface area contributed by atoms with E-state index >= 15 is 0 Å². The summed E-state index contributed by atoms with van der Waals surface area (Å²) >= 11 is 0. The standard InChI is InChI=1S/C10H16N4O/c1-7-9(8(2)13-12-7)11-10(15)14-5-3-4-6-14/h3-6H2,1-2H3,(H,11,15)(H,12,13). The van der Waals surface area contributed by atoms with Gasteiger partial charge in [0.25, 0.3) is 0 Å². The predicted molar refractivity (Wildman–Crippen MR) is 57.9 cm³/mol. The summed E-state index contributed by atoms with van der Waals surface area (Å²) < 4.78 is 0. The Morgan fingerprint density at radius 2 is 2.07 bits per heavy atom. The Morgan fingerprint density at radius 1 is 1.40 bits per heavy atom. The number of nitrogens with zero attached hydrogens (tertiary/aromatic N) is 2. The van der Waals surface area contributed by atoms with Crippen LogP contribution in [0.2, 0.25) is 0 Å². The van der Waals surface area contributed by atoms with E-state index in [4.69, 9.17) is 0 Å². The molecule has 2 amide bonds. The van der Waals surface area contributed by atoms with Crippen molar-refractivity contribution in [3.63, 3.8) is 0 Å². The molecule has 15 heavy (non-hydrogen) atoms. The van der Waals surface area contributed by atoms with Crippen LogP contribution >= 0.6 is 0 Å². The maximum absolute atomic E-state index is 11.8. The van der Waals surface area contributed by atoms with Crippen molar-refractivity contribution >= 4 is 11.7 Å². The van der Waals surface area contributed by atoms with Crippen molar-refractivity contribution in [3.8, 4) is 0 Å². The van der Waals surface area contributed by atoms with Crippen molar-refractivity contribution in [2.75, 3.05) is 18.4 Å². The van der Waals surface area contributed by atoms with E-state index in [1.165, 1.54) is 0 Å². The van der Waals surface area contributed by atoms with Gasteiger partial charge in [-0.1, -0.05) is 0 Å². The molecule has 0 aromatic carbocycles. The van der Waals surface area contributed by atoms with Gasteiger partial charge < -0.3 is 10.2 Å². The SMILES string of the molecule is Cc1n[nH]c(C)c1NC(=O)N1CCCC1. The minimum atomic E-state index is -0.0138. The molecule has 1 fully saturated rings. The third kappa shape index (κ3) is 1.95. The summed E-state index contributed by atoms with van der Waals surface area (Å²) in [7, 11) is 0. The molecule has 5 nitrogen and oxygen atoms in total. The molecule has 0 spiro atoms. The molecule has 1 aliphatic rings. The van der Waals surface area contributed by atoms with Gasteiger partial charge in [-0.3, -0.25) is 5.10 Å². The normalized spacial score (nSPS) is 15.7. The van der Waals surface area contributed by atoms with E-state index < -0.39 is 0 Å². The Labute approximate surface area is 88.8 Å². The molecular weight excluding hydrogens is 192 g/mol. The van der Waals surface area contributed by atoms with E-state index in [1.54, 1.807) is 0 Å². The maximum Gasteiger partial charge on any atom is 0.321 e. The first kappa shape index (κ1) is 10.0. The number of aromatic amines is 1. The third-order valence-corrected chi connectivity index (χ3v) is 2.75. The second kappa shape index (κ2) is 3.92. The average molecular weight is 208 g/mol. The maximum atomic E-state index is 11.8. The lowest BCUT2D eigenvalue weighted by atomic mass is 10.3. The Bertz CT molecular complexity index is 346. The van der Waals surface area contributed by atoms with Gasteiger partial charge in [-0.05, 0) is 26.7 Å². The van der Waals surface area contributed by atoms with E-state index in [2.05, 4.69) is 15.5 Å². The molecule has 2 heterocycles. The first-order valence-corrected chi connectivity index (χ1v) is 5.26. The van der Waals surface area contributed by atoms with Gasteiger partial charge in [0.15, 0.2) is 0 Å². The Hall–Kier alpha value is -1.52. The van der Waals surface area contributed by atoms with Crippen molar-refractivity contribution < 1.29 is 4.79 Å². The van der Waals surface area contributed by atoms with E-state index in [9.17, 15) is 4.79 Å². The first-order valence-electron chi connectivity index (χ1n) is 5.26. The summed E-state index contributed by atoms with van der Waals surface area (Å²) in [5.41, 5.74) is 2.55. The van der Waals surface area contributed by atoms with Crippen LogP contribution in [-0.4, -0.2) is 34.2 Å². The van der Waals surface area contributed by atoms with Crippen molar-refractivity contribution in [2.45, 2.75) is 26.7 Å². The summed E-state index contributed by atoms with van der Waals surface area (Å²) in [5, 5.41) is 9.78. The average Bonchev–Trinajstić information content (AvgIpc) is 2.82. The fourth-order valence-corrected chi connectivity index (χ4v) is 1.84. The molecule has 1 aromatic rings. The molecule has 1 aromatic heterocycles. The van der Waals surface area contributed by atoms with Gasteiger partial charge in [-0.15, -0.1) is 0 Å². The largest absolute Gasteiger partial charge is 0.325 e. The van der Waals surface area contributed by atoms with E-state index in [1.807, 2.05) is 18.7 Å². The smallest absolute Gasteiger partial charge is 0.321 e. The van der Waals surface area contributed by atoms with Crippen LogP contribution in [0.4, 0.5) is 10.5 Å². The van der Waals surface area contributed by atoms with Gasteiger partial charge in [0.1, 0.15) is 0 Å². The second-order valence-electron chi connectivity index (χ2n) is 3.93. The molecule has 0 atom stereocenters. The number of H-pyrrole nitrogens is 1. The minimum absolute atomic E-state index is 0.0138. The lowest BCUT2D eigenvalue weighted by molar-refractivity contribution is 0.222. The number of aromatic nitrogens is 2. The Balaban J connectivity index is 2.05. The Morgan fingerprint density at radius 3 is 2.60 bits per heavy atom. The number of hydrogen-bond acceptors (Lipinski definition) is 2. The zero-order valence-corrected chi connectivity index (χ0v) is 9.13. The summed E-state index contributed by atoms with van der Waals surface area (Å²) in [6.07, 6.45) is 2.22. The Kier molecular flexibility index (Phi) is 2.62. The van der Waals surface area contributed by atoms with Crippen molar-refractivity contribution in [3.05, 3.63) is 11.4 Å². The fourth-order valence-electron chi connectivity index (χ4n) is 1.84. The number of urea groups is 1. The van der Waals surface area contributed by atoms with Crippen LogP contribution < -0.4 is 5.32 Å². The molecule has 2 rings (SSSR count). The molecular formula is C10H16N4O. The molecule has 2 N–H and O–H groups in total. The highest BCUT2D eigenvalue weighted by Crippen LogP contribution is 2.17. The third-order valence-electron chi connectivity index (χ3n) is 2.75. The topological polar surface area (TPSA) is 61.0 Å². The molecule has 0 unspecified atom stereocenters. The van der Waals surface area contributed by atoms with Crippen LogP contribution in [0.15, 0.2) is 0 Å². The van der Waals surface area contributed by atoms with Crippen LogP contribution in [0, 0.1) is 13.8 Å². The van der Waals surface area contributed by atoms with Crippen LogP contribution in [0.3, 0.4) is 0 Å². The minimum Gasteiger partial charge on any atom is -0.325 e. The monoisotopic (exact) mass is 208 g/mol. The number of hydrogen-bond donors (Lipinski definition) is 2. The molecule has 1 aliphatic heterocycles. The molecule has 0 aliphatic carbocycles. The van der Waals surface area contributed by atoms with Crippen LogP contribution in [0.25, 0.3) is 0 Å². The van der Waals surface area contributed by atoms with E-state index in [0.29, 0.717) is 0 Å². The van der Waals surface area contributed by atoms with Crippen molar-refractivity contribution in [1.29, 1.82) is 0 Å². The van der Waals surface area contributed by atoms with Crippen molar-refractivity contribution in [2.24, 2.45) is 0 Å². The number of carbonyl (C=O) groups is 1. The quantitative estimate of drug-likeness (QED) is 0.737. The predicted octanol–water partition coefficient (Wildman–Crippen LogP) is 1.65. The lowest BCUT2D eigenvalue weighted by Crippen LogP contribution is -2.32. The highest BCUT2D eigenvalue weighted by atomic mass is 16.2. The summed E-state index contributed by atoms with van der Waals surface area (Å²) in [6, 6.07) is -0.0138. The number of likely N-dealkylation sites (tertiary alicyclic amines) is 1. The van der Waals surface area contributed by atoms with Crippen LogP contribution in [-0.2, 0) is 0 Å². The number of anilines is 1. The van der Waals surface area contributed by atoms with Gasteiger partial charge >= 0.3 is 6.03 Å². The number of carbonyl (C=O) groups excluding carboxylic acids is 1. The molecule has 0 radical (unpaired) electrons. The first-order chi connectivity index (χ1) is 7.18. The van der Waals surface area contributed by atoms with Gasteiger partial charge in [-0.25, -0.2) is 4.79 Å². The van der Waals surface area contributed by atoms with Gasteiger partial charge in [-0.2, -0.15) is 5.10 Å². The van der Waals surface area contributed by atoms with Crippen LogP contribution in [0.1, 0.15) is 24.2 Å². The molecule has 0 bridgehead atoms. The molecule has 1 saturated heterocycles. The molecule has 82 valence electrons. The highest BCUT2D eigenvalue weighted by Gasteiger charge is 2.19. The van der Waals surface area contributed by atoms with Gasteiger partial charge in [0.2, 0.25) is 0 Å². The zero-order chi connectivity index (χ0) is 10.8. The second-order valence-corrected chi connectivity index (χ2v) is 3.93. The fraction of sp³-hybridized carbons (Fsp3) is 0.600. The molecule has 5 heteroatoms. The van der Waals surface area contributed by atoms with E-state index in [-0.39, 0.29) is 6.03 Å². The van der Waals surface area contributed by atoms with Gasteiger partial charge in [0, 0.05) is 13.1 Å². The molecule has 0 saturated carbocycles. The zero-order valence-electron chi connectivity index (χ0n) is 9.13. The highest BCUT2D eigenvalue weighted by molar-refractivity contribution is 5.90. The summed E-state index contributed by atoms with van der Waals surface area (Å²) in [4.78, 5) is 13.6. The van der Waals surface area contributed by atoms with Crippen LogP contribution in [0.5, 0.6) is 0 Å². The number of nitrogens with one attached hydrogen (secondary N) is 2. The summed E-state index contributed by atoms with van der Waals surface area (Å²) in [5.74, 6) is 0. The number of amides is 2. The van der Waals surface area contributed by atoms with E-state index in [0.717, 1.165) is 43.0 Å². The number of rotatable bonds is 1. The summed E-state index contributed by atoms with van der Waals surface area (Å²) in [6.45, 7) is 5.51. The van der Waals surface area contributed by atoms with Gasteiger partial charge in [0.05, 0.1) is 17.1 Å².